The molecule has 0 spiro atoms. The summed E-state index contributed by atoms with van der Waals surface area (Å²) in [5, 5.41) is 0.354. The molecule has 0 fully saturated rings. The molecule has 0 aromatic carbocycles. The topological polar surface area (TPSA) is 64.7 Å². The molecule has 0 amide bonds. The quantitative estimate of drug-likeness (QED) is 0.471. The number of anilines is 1. The highest BCUT2D eigenvalue weighted by molar-refractivity contribution is 6.30. The van der Waals surface area contributed by atoms with Gasteiger partial charge in [-0.05, 0) is 12.1 Å². The molecule has 2 radical (unpaired) electrons. The third-order valence-corrected chi connectivity index (χ3v) is 1.76. The number of pyridine rings is 1. The molecule has 62 valence electrons. The fourth-order valence-electron chi connectivity index (χ4n) is 1.03. The molecule has 2 rings (SSSR count). The second kappa shape index (κ2) is 2.85. The van der Waals surface area contributed by atoms with E-state index in [1.165, 1.54) is 0 Å². The lowest BCUT2D eigenvalue weighted by Crippen LogP contribution is -2.15. The molecule has 13 heavy (non-hydrogen) atoms. The van der Waals surface area contributed by atoms with Crippen LogP contribution >= 0.6 is 11.6 Å². The zero-order valence-electron chi connectivity index (χ0n) is 6.53. The first-order chi connectivity index (χ1) is 6.16. The lowest BCUT2D eigenvalue weighted by molar-refractivity contribution is 1.26. The molecule has 0 aliphatic heterocycles. The van der Waals surface area contributed by atoms with Gasteiger partial charge in [0.05, 0.1) is 11.2 Å². The number of aromatic nitrogens is 3. The average Bonchev–Trinajstić information content (AvgIpc) is 2.06. The summed E-state index contributed by atoms with van der Waals surface area (Å²) < 4.78 is 0. The Bertz CT molecular complexity index is 473. The predicted octanol–water partition coefficient (Wildman–Crippen LogP) is 0.0542. The van der Waals surface area contributed by atoms with Crippen LogP contribution in [0, 0.1) is 0 Å². The molecule has 0 unspecified atom stereocenters. The van der Waals surface area contributed by atoms with Crippen LogP contribution in [0.1, 0.15) is 0 Å². The van der Waals surface area contributed by atoms with Gasteiger partial charge in [0, 0.05) is 0 Å². The summed E-state index contributed by atoms with van der Waals surface area (Å²) in [4.78, 5) is 11.7. The van der Waals surface area contributed by atoms with E-state index in [9.17, 15) is 0 Å². The third kappa shape index (κ3) is 1.42. The number of hydrogen-bond acceptors (Lipinski definition) is 4. The van der Waals surface area contributed by atoms with Crippen molar-refractivity contribution in [1.82, 2.24) is 15.0 Å². The van der Waals surface area contributed by atoms with E-state index in [1.54, 1.807) is 12.1 Å². The zero-order chi connectivity index (χ0) is 9.42. The molecule has 6 heteroatoms. The Hall–Kier alpha value is -1.36. The lowest BCUT2D eigenvalue weighted by Gasteiger charge is -2.01. The number of nitrogen functional groups attached to an aromatic ring is 1. The van der Waals surface area contributed by atoms with E-state index < -0.39 is 0 Å². The smallest absolute Gasteiger partial charge is 0.170 e. The molecule has 0 saturated heterocycles. The van der Waals surface area contributed by atoms with E-state index in [4.69, 9.17) is 25.2 Å². The van der Waals surface area contributed by atoms with Gasteiger partial charge in [-0.2, -0.15) is 0 Å². The zero-order valence-corrected chi connectivity index (χ0v) is 7.28. The predicted molar refractivity (Wildman–Crippen MR) is 52.1 cm³/mol. The lowest BCUT2D eigenvalue weighted by atomic mass is 10.1. The third-order valence-electron chi connectivity index (χ3n) is 1.55. The van der Waals surface area contributed by atoms with E-state index in [0.29, 0.717) is 16.2 Å². The monoisotopic (exact) mass is 190 g/mol. The van der Waals surface area contributed by atoms with E-state index in [0.717, 1.165) is 0 Å². The Balaban J connectivity index is 2.87. The number of fused-ring (bicyclic) bond motifs is 1. The number of hydrogen-bond donors (Lipinski definition) is 1. The van der Waals surface area contributed by atoms with Crippen LogP contribution in [0.3, 0.4) is 0 Å². The first kappa shape index (κ1) is 8.25. The maximum absolute atomic E-state index is 5.68. The van der Waals surface area contributed by atoms with E-state index >= 15 is 0 Å². The Kier molecular flexibility index (Phi) is 1.81. The molecule has 4 nitrogen and oxygen atoms in total. The molecule has 0 bridgehead atoms. The minimum Gasteiger partial charge on any atom is -0.382 e. The number of nitrogens with zero attached hydrogens (tertiary/aromatic N) is 3. The number of nitrogens with two attached hydrogens (primary N) is 1. The van der Waals surface area contributed by atoms with E-state index in [1.807, 2.05) is 0 Å². The van der Waals surface area contributed by atoms with Crippen molar-refractivity contribution in [2.24, 2.45) is 0 Å². The van der Waals surface area contributed by atoms with Crippen LogP contribution < -0.4 is 11.5 Å². The fourth-order valence-corrected chi connectivity index (χ4v) is 1.18. The van der Waals surface area contributed by atoms with Crippen molar-refractivity contribution in [2.75, 3.05) is 5.73 Å². The second-order valence-electron chi connectivity index (χ2n) is 2.47. The summed E-state index contributed by atoms with van der Waals surface area (Å²) in [6, 6.07) is 3.31. The molecule has 2 aromatic heterocycles. The highest BCUT2D eigenvalue weighted by Gasteiger charge is 2.03. The SMILES string of the molecule is [B]c1nc(N)c2nc(Cl)ccc2n1. The summed E-state index contributed by atoms with van der Waals surface area (Å²) in [6.45, 7) is 0. The Morgan fingerprint density at radius 3 is 2.77 bits per heavy atom. The molecule has 2 heterocycles. The second-order valence-corrected chi connectivity index (χ2v) is 2.86. The van der Waals surface area contributed by atoms with Gasteiger partial charge in [0.15, 0.2) is 13.7 Å². The van der Waals surface area contributed by atoms with Gasteiger partial charge in [-0.25, -0.2) is 15.0 Å². The van der Waals surface area contributed by atoms with Crippen molar-refractivity contribution in [3.05, 3.63) is 17.3 Å². The number of rotatable bonds is 0. The van der Waals surface area contributed by atoms with Crippen molar-refractivity contribution in [1.29, 1.82) is 0 Å². The average molecular weight is 190 g/mol. The Labute approximate surface area is 80.6 Å². The maximum Gasteiger partial charge on any atom is 0.170 e. The van der Waals surface area contributed by atoms with Gasteiger partial charge in [0.25, 0.3) is 0 Å². The number of halogens is 1. The van der Waals surface area contributed by atoms with Crippen molar-refractivity contribution in [2.45, 2.75) is 0 Å². The molecule has 0 aliphatic carbocycles. The van der Waals surface area contributed by atoms with Gasteiger partial charge in [-0.3, -0.25) is 0 Å². The van der Waals surface area contributed by atoms with E-state index in [-0.39, 0.29) is 11.5 Å². The minimum atomic E-state index is 0.133. The Morgan fingerprint density at radius 2 is 2.00 bits per heavy atom. The summed E-state index contributed by atoms with van der Waals surface area (Å²) in [5.74, 6) is 0.241. The normalized spacial score (nSPS) is 10.5. The first-order valence-electron chi connectivity index (χ1n) is 3.52. The highest BCUT2D eigenvalue weighted by atomic mass is 35.5. The van der Waals surface area contributed by atoms with Gasteiger partial charge < -0.3 is 5.73 Å². The van der Waals surface area contributed by atoms with E-state index in [2.05, 4.69) is 15.0 Å². The van der Waals surface area contributed by atoms with Gasteiger partial charge in [0.1, 0.15) is 10.7 Å². The van der Waals surface area contributed by atoms with Gasteiger partial charge in [-0.15, -0.1) is 0 Å². The summed E-state index contributed by atoms with van der Waals surface area (Å²) in [7, 11) is 5.40. The van der Waals surface area contributed by atoms with Crippen molar-refractivity contribution in [3.63, 3.8) is 0 Å². The molecular formula is C7H4BClN4. The van der Waals surface area contributed by atoms with Crippen LogP contribution in [0.15, 0.2) is 12.1 Å². The van der Waals surface area contributed by atoms with Gasteiger partial charge in [-0.1, -0.05) is 11.6 Å². The summed E-state index contributed by atoms with van der Waals surface area (Å²) in [5.41, 5.74) is 6.77. The van der Waals surface area contributed by atoms with Crippen molar-refractivity contribution < 1.29 is 0 Å². The molecular weight excluding hydrogens is 186 g/mol. The largest absolute Gasteiger partial charge is 0.382 e. The Morgan fingerprint density at radius 1 is 1.23 bits per heavy atom. The molecule has 0 saturated carbocycles. The van der Waals surface area contributed by atoms with Crippen LogP contribution in [0.4, 0.5) is 5.82 Å². The van der Waals surface area contributed by atoms with Crippen LogP contribution in [-0.4, -0.2) is 22.8 Å². The molecule has 2 N–H and O–H groups in total. The van der Waals surface area contributed by atoms with Crippen molar-refractivity contribution in [3.8, 4) is 0 Å². The van der Waals surface area contributed by atoms with Crippen LogP contribution in [0.2, 0.25) is 5.15 Å². The summed E-state index contributed by atoms with van der Waals surface area (Å²) >= 11 is 5.68. The molecule has 2 aromatic rings. The standard InChI is InChI=1S/C7H4BClN4/c8-7-11-3-1-2-4(9)12-5(3)6(10)13-7/h1-2H,(H2,10,11,13). The minimum absolute atomic E-state index is 0.133. The highest BCUT2D eigenvalue weighted by Crippen LogP contribution is 2.15. The van der Waals surface area contributed by atoms with Gasteiger partial charge in [0.2, 0.25) is 0 Å². The van der Waals surface area contributed by atoms with Gasteiger partial charge >= 0.3 is 0 Å². The van der Waals surface area contributed by atoms with Crippen molar-refractivity contribution >= 4 is 42.0 Å². The van der Waals surface area contributed by atoms with Crippen LogP contribution in [0.25, 0.3) is 11.0 Å². The molecule has 0 atom stereocenters. The van der Waals surface area contributed by atoms with Crippen LogP contribution in [-0.2, 0) is 0 Å². The maximum atomic E-state index is 5.68. The first-order valence-corrected chi connectivity index (χ1v) is 3.90. The summed E-state index contributed by atoms with van der Waals surface area (Å²) in [6.07, 6.45) is 0. The molecule has 0 aliphatic rings. The van der Waals surface area contributed by atoms with Crippen LogP contribution in [0.5, 0.6) is 0 Å². The fraction of sp³-hybridized carbons (Fsp3) is 0.